The highest BCUT2D eigenvalue weighted by Gasteiger charge is 2.20. The van der Waals surface area contributed by atoms with Crippen LogP contribution in [0.15, 0.2) is 24.3 Å². The third-order valence-electron chi connectivity index (χ3n) is 3.81. The van der Waals surface area contributed by atoms with E-state index in [1.54, 1.807) is 19.2 Å². The van der Waals surface area contributed by atoms with E-state index in [2.05, 4.69) is 26.1 Å². The first kappa shape index (κ1) is 17.1. The van der Waals surface area contributed by atoms with Crippen LogP contribution in [0.2, 0.25) is 0 Å². The van der Waals surface area contributed by atoms with Crippen LogP contribution in [0.25, 0.3) is 0 Å². The Morgan fingerprint density at radius 1 is 1.25 bits per heavy atom. The van der Waals surface area contributed by atoms with Gasteiger partial charge in [0.15, 0.2) is 0 Å². The molecule has 114 valence electrons. The molecule has 20 heavy (non-hydrogen) atoms. The van der Waals surface area contributed by atoms with Crippen molar-refractivity contribution in [2.75, 3.05) is 20.2 Å². The Morgan fingerprint density at radius 2 is 1.90 bits per heavy atom. The lowest BCUT2D eigenvalue weighted by molar-refractivity contribution is 0.0124. The van der Waals surface area contributed by atoms with Crippen molar-refractivity contribution in [1.29, 1.82) is 0 Å². The number of benzene rings is 1. The molecule has 3 heteroatoms. The van der Waals surface area contributed by atoms with Crippen molar-refractivity contribution in [2.45, 2.75) is 51.6 Å². The molecular weight excluding hydrogens is 253 g/mol. The molecule has 0 aromatic heterocycles. The molecule has 1 atom stereocenters. The van der Waals surface area contributed by atoms with Gasteiger partial charge in [0.2, 0.25) is 0 Å². The number of hydrogen-bond acceptors (Lipinski definition) is 2. The molecule has 0 radical (unpaired) electrons. The quantitative estimate of drug-likeness (QED) is 0.688. The van der Waals surface area contributed by atoms with Crippen LogP contribution >= 0.6 is 0 Å². The number of nitrogens with one attached hydrogen (secondary N) is 1. The molecule has 0 saturated carbocycles. The van der Waals surface area contributed by atoms with Crippen molar-refractivity contribution in [3.63, 3.8) is 0 Å². The second-order valence-electron chi connectivity index (χ2n) is 5.96. The van der Waals surface area contributed by atoms with Crippen molar-refractivity contribution in [1.82, 2.24) is 5.32 Å². The number of halogens is 1. The lowest BCUT2D eigenvalue weighted by atomic mass is 9.89. The maximum absolute atomic E-state index is 13.1. The molecule has 0 aliphatic heterocycles. The average Bonchev–Trinajstić information content (AvgIpc) is 2.44. The van der Waals surface area contributed by atoms with Crippen LogP contribution in [0, 0.1) is 5.82 Å². The highest BCUT2D eigenvalue weighted by atomic mass is 19.1. The molecule has 1 aromatic carbocycles. The number of methoxy groups -OCH3 is 1. The Labute approximate surface area is 122 Å². The molecule has 2 nitrogen and oxygen atoms in total. The van der Waals surface area contributed by atoms with Crippen molar-refractivity contribution < 1.29 is 9.13 Å². The van der Waals surface area contributed by atoms with Crippen LogP contribution in [0.3, 0.4) is 0 Å². The summed E-state index contributed by atoms with van der Waals surface area (Å²) in [5.41, 5.74) is 1.09. The summed E-state index contributed by atoms with van der Waals surface area (Å²) >= 11 is 0. The Bertz CT molecular complexity index is 375. The van der Waals surface area contributed by atoms with E-state index in [1.165, 1.54) is 5.56 Å². The molecule has 1 unspecified atom stereocenters. The molecule has 0 heterocycles. The third kappa shape index (κ3) is 6.02. The van der Waals surface area contributed by atoms with E-state index >= 15 is 0 Å². The molecule has 0 aliphatic rings. The van der Waals surface area contributed by atoms with Gasteiger partial charge >= 0.3 is 0 Å². The summed E-state index contributed by atoms with van der Waals surface area (Å²) < 4.78 is 18.5. The van der Waals surface area contributed by atoms with E-state index in [-0.39, 0.29) is 11.4 Å². The predicted molar refractivity (Wildman–Crippen MR) is 82.6 cm³/mol. The fourth-order valence-electron chi connectivity index (χ4n) is 2.20. The zero-order valence-corrected chi connectivity index (χ0v) is 13.2. The number of hydrogen-bond donors (Lipinski definition) is 1. The minimum atomic E-state index is -0.175. The normalized spacial score (nSPS) is 13.4. The summed E-state index contributed by atoms with van der Waals surface area (Å²) in [6, 6.07) is 6.88. The smallest absolute Gasteiger partial charge is 0.123 e. The molecule has 0 spiro atoms. The highest BCUT2D eigenvalue weighted by Crippen LogP contribution is 2.26. The fourth-order valence-corrected chi connectivity index (χ4v) is 2.20. The zero-order chi connectivity index (χ0) is 15.0. The molecular formula is C17H28FNO. The molecule has 1 N–H and O–H groups in total. The van der Waals surface area contributed by atoms with Crippen LogP contribution in [0.4, 0.5) is 4.39 Å². The minimum Gasteiger partial charge on any atom is -0.379 e. The van der Waals surface area contributed by atoms with Crippen molar-refractivity contribution >= 4 is 0 Å². The van der Waals surface area contributed by atoms with Gasteiger partial charge in [-0.25, -0.2) is 4.39 Å². The monoisotopic (exact) mass is 281 g/mol. The van der Waals surface area contributed by atoms with Gasteiger partial charge in [-0.05, 0) is 63.3 Å². The van der Waals surface area contributed by atoms with Crippen LogP contribution in [-0.4, -0.2) is 25.8 Å². The molecule has 0 amide bonds. The Hall–Kier alpha value is -0.930. The van der Waals surface area contributed by atoms with Gasteiger partial charge in [0.1, 0.15) is 5.82 Å². The first-order chi connectivity index (χ1) is 9.48. The van der Waals surface area contributed by atoms with Gasteiger partial charge in [0.05, 0.1) is 5.60 Å². The van der Waals surface area contributed by atoms with Crippen LogP contribution in [-0.2, 0) is 4.74 Å². The van der Waals surface area contributed by atoms with E-state index in [0.29, 0.717) is 5.92 Å². The van der Waals surface area contributed by atoms with E-state index in [1.807, 2.05) is 12.1 Å². The van der Waals surface area contributed by atoms with Crippen LogP contribution in [0.5, 0.6) is 0 Å². The summed E-state index contributed by atoms with van der Waals surface area (Å²) in [6.45, 7) is 8.32. The fraction of sp³-hybridized carbons (Fsp3) is 0.647. The molecule has 0 fully saturated rings. The molecule has 0 aliphatic carbocycles. The lowest BCUT2D eigenvalue weighted by Gasteiger charge is -2.26. The first-order valence-electron chi connectivity index (χ1n) is 7.50. The highest BCUT2D eigenvalue weighted by molar-refractivity contribution is 5.21. The Kier molecular flexibility index (Phi) is 7.17. The van der Waals surface area contributed by atoms with Gasteiger partial charge in [-0.3, -0.25) is 0 Å². The minimum absolute atomic E-state index is 0.108. The SMILES string of the molecule is CCCNCC(CCC(C)(C)OC)c1ccc(F)cc1. The maximum atomic E-state index is 13.1. The first-order valence-corrected chi connectivity index (χ1v) is 7.50. The van der Waals surface area contributed by atoms with E-state index in [4.69, 9.17) is 4.74 Å². The van der Waals surface area contributed by atoms with Gasteiger partial charge in [0, 0.05) is 13.7 Å². The van der Waals surface area contributed by atoms with Crippen molar-refractivity contribution in [3.05, 3.63) is 35.6 Å². The maximum Gasteiger partial charge on any atom is 0.123 e. The summed E-state index contributed by atoms with van der Waals surface area (Å²) in [7, 11) is 1.75. The van der Waals surface area contributed by atoms with Crippen molar-refractivity contribution in [2.24, 2.45) is 0 Å². The number of rotatable bonds is 9. The van der Waals surface area contributed by atoms with Crippen LogP contribution < -0.4 is 5.32 Å². The molecule has 1 aromatic rings. The molecule has 1 rings (SSSR count). The third-order valence-corrected chi connectivity index (χ3v) is 3.81. The average molecular weight is 281 g/mol. The topological polar surface area (TPSA) is 21.3 Å². The van der Waals surface area contributed by atoms with Gasteiger partial charge in [-0.15, -0.1) is 0 Å². The van der Waals surface area contributed by atoms with Gasteiger partial charge in [-0.2, -0.15) is 0 Å². The van der Waals surface area contributed by atoms with Gasteiger partial charge < -0.3 is 10.1 Å². The van der Waals surface area contributed by atoms with Crippen molar-refractivity contribution in [3.8, 4) is 0 Å². The zero-order valence-electron chi connectivity index (χ0n) is 13.2. The lowest BCUT2D eigenvalue weighted by Crippen LogP contribution is -2.27. The largest absolute Gasteiger partial charge is 0.379 e. The Morgan fingerprint density at radius 3 is 2.45 bits per heavy atom. The summed E-state index contributed by atoms with van der Waals surface area (Å²) in [6.07, 6.45) is 3.14. The summed E-state index contributed by atoms with van der Waals surface area (Å²) in [5.74, 6) is 0.225. The standard InChI is InChI=1S/C17H28FNO/c1-5-12-19-13-15(10-11-17(2,3)20-4)14-6-8-16(18)9-7-14/h6-9,15,19H,5,10-13H2,1-4H3. The predicted octanol–water partition coefficient (Wildman–Crippen LogP) is 4.11. The summed E-state index contributed by atoms with van der Waals surface area (Å²) in [5, 5.41) is 3.47. The van der Waals surface area contributed by atoms with E-state index in [9.17, 15) is 4.39 Å². The van der Waals surface area contributed by atoms with E-state index in [0.717, 1.165) is 32.4 Å². The molecule has 0 saturated heterocycles. The number of ether oxygens (including phenoxy) is 1. The molecule has 0 bridgehead atoms. The van der Waals surface area contributed by atoms with E-state index < -0.39 is 0 Å². The van der Waals surface area contributed by atoms with Gasteiger partial charge in [-0.1, -0.05) is 19.1 Å². The van der Waals surface area contributed by atoms with Crippen LogP contribution in [0.1, 0.15) is 51.5 Å². The second-order valence-corrected chi connectivity index (χ2v) is 5.96. The van der Waals surface area contributed by atoms with Gasteiger partial charge in [0.25, 0.3) is 0 Å². The summed E-state index contributed by atoms with van der Waals surface area (Å²) in [4.78, 5) is 0. The second kappa shape index (κ2) is 8.38. The Balaban J connectivity index is 2.66.